The molecule has 0 unspecified atom stereocenters. The molecule has 2 saturated heterocycles. The smallest absolute Gasteiger partial charge is 0.159 e. The number of imidazole rings is 1. The summed E-state index contributed by atoms with van der Waals surface area (Å²) >= 11 is 0. The SMILES string of the molecule is CCc1c(N2CCOCC2)c(C#N)c2nc3ccccc3n2c1N1CCOCC1. The van der Waals surface area contributed by atoms with Crippen LogP contribution in [0.15, 0.2) is 24.3 Å². The van der Waals surface area contributed by atoms with Gasteiger partial charge in [-0.25, -0.2) is 4.98 Å². The van der Waals surface area contributed by atoms with Crippen LogP contribution in [-0.2, 0) is 15.9 Å². The summed E-state index contributed by atoms with van der Waals surface area (Å²) in [4.78, 5) is 9.60. The average molecular weight is 391 g/mol. The van der Waals surface area contributed by atoms with Crippen LogP contribution in [0.3, 0.4) is 0 Å². The van der Waals surface area contributed by atoms with Crippen molar-refractivity contribution in [1.29, 1.82) is 5.26 Å². The summed E-state index contributed by atoms with van der Waals surface area (Å²) in [5, 5.41) is 10.2. The number of hydrogen-bond donors (Lipinski definition) is 0. The number of nitrogens with zero attached hydrogens (tertiary/aromatic N) is 5. The molecule has 0 N–H and O–H groups in total. The number of para-hydroxylation sites is 2. The van der Waals surface area contributed by atoms with Gasteiger partial charge in [-0.1, -0.05) is 19.1 Å². The zero-order valence-electron chi connectivity index (χ0n) is 16.7. The van der Waals surface area contributed by atoms with Gasteiger partial charge in [0.25, 0.3) is 0 Å². The highest BCUT2D eigenvalue weighted by molar-refractivity contribution is 5.90. The van der Waals surface area contributed by atoms with Gasteiger partial charge in [0.15, 0.2) is 5.65 Å². The molecule has 0 saturated carbocycles. The molecular formula is C22H25N5O2. The van der Waals surface area contributed by atoms with Gasteiger partial charge >= 0.3 is 0 Å². The number of hydrogen-bond acceptors (Lipinski definition) is 6. The fraction of sp³-hybridized carbons (Fsp3) is 0.455. The van der Waals surface area contributed by atoms with Crippen molar-refractivity contribution >= 4 is 28.2 Å². The van der Waals surface area contributed by atoms with E-state index in [9.17, 15) is 5.26 Å². The normalized spacial score (nSPS) is 17.8. The lowest BCUT2D eigenvalue weighted by Gasteiger charge is -2.36. The van der Waals surface area contributed by atoms with Gasteiger partial charge in [0.05, 0.1) is 43.1 Å². The van der Waals surface area contributed by atoms with E-state index in [1.54, 1.807) is 0 Å². The van der Waals surface area contributed by atoms with E-state index < -0.39 is 0 Å². The Labute approximate surface area is 170 Å². The highest BCUT2D eigenvalue weighted by atomic mass is 16.5. The number of aromatic nitrogens is 2. The standard InChI is InChI=1S/C22H25N5O2/c1-2-16-20(25-7-11-28-12-8-25)17(15-23)21-24-18-5-3-4-6-19(18)27(21)22(16)26-9-13-29-14-10-26/h3-6H,2,7-14H2,1H3. The van der Waals surface area contributed by atoms with Gasteiger partial charge in [-0.15, -0.1) is 0 Å². The van der Waals surface area contributed by atoms with Crippen molar-refractivity contribution in [2.75, 3.05) is 62.4 Å². The first-order valence-electron chi connectivity index (χ1n) is 10.3. The Morgan fingerprint density at radius 2 is 1.66 bits per heavy atom. The average Bonchev–Trinajstić information content (AvgIpc) is 3.17. The molecule has 3 aromatic rings. The molecule has 0 radical (unpaired) electrons. The first-order chi connectivity index (χ1) is 14.3. The van der Waals surface area contributed by atoms with Crippen molar-refractivity contribution in [2.24, 2.45) is 0 Å². The first-order valence-corrected chi connectivity index (χ1v) is 10.3. The monoisotopic (exact) mass is 391 g/mol. The van der Waals surface area contributed by atoms with Crippen LogP contribution in [0.25, 0.3) is 16.7 Å². The molecule has 2 aliphatic heterocycles. The molecule has 0 bridgehead atoms. The van der Waals surface area contributed by atoms with Gasteiger partial charge in [-0.3, -0.25) is 4.40 Å². The number of morpholine rings is 2. The van der Waals surface area contributed by atoms with Crippen LogP contribution in [-0.4, -0.2) is 62.0 Å². The second kappa shape index (κ2) is 7.54. The summed E-state index contributed by atoms with van der Waals surface area (Å²) in [6.45, 7) is 8.22. The van der Waals surface area contributed by atoms with Crippen LogP contribution in [0.2, 0.25) is 0 Å². The van der Waals surface area contributed by atoms with Crippen molar-refractivity contribution in [2.45, 2.75) is 13.3 Å². The molecule has 7 heteroatoms. The number of fused-ring (bicyclic) bond motifs is 3. The molecule has 2 aromatic heterocycles. The zero-order chi connectivity index (χ0) is 19.8. The molecule has 2 aliphatic rings. The van der Waals surface area contributed by atoms with Crippen molar-refractivity contribution in [3.05, 3.63) is 35.4 Å². The van der Waals surface area contributed by atoms with E-state index in [1.807, 2.05) is 18.2 Å². The van der Waals surface area contributed by atoms with Crippen LogP contribution in [0.1, 0.15) is 18.1 Å². The Morgan fingerprint density at radius 1 is 1.00 bits per heavy atom. The van der Waals surface area contributed by atoms with Gasteiger partial charge in [-0.2, -0.15) is 5.26 Å². The molecule has 1 aromatic carbocycles. The van der Waals surface area contributed by atoms with Gasteiger partial charge in [-0.05, 0) is 18.6 Å². The third-order valence-electron chi connectivity index (χ3n) is 5.89. The maximum Gasteiger partial charge on any atom is 0.159 e. The Morgan fingerprint density at radius 3 is 2.31 bits per heavy atom. The summed E-state index contributed by atoms with van der Waals surface area (Å²) in [6, 6.07) is 10.6. The minimum atomic E-state index is 0.664. The minimum Gasteiger partial charge on any atom is -0.378 e. The van der Waals surface area contributed by atoms with Gasteiger partial charge in [0.1, 0.15) is 17.5 Å². The largest absolute Gasteiger partial charge is 0.378 e. The van der Waals surface area contributed by atoms with E-state index in [0.29, 0.717) is 32.0 Å². The van der Waals surface area contributed by atoms with E-state index >= 15 is 0 Å². The number of nitriles is 1. The lowest BCUT2D eigenvalue weighted by atomic mass is 10.0. The topological polar surface area (TPSA) is 66.0 Å². The number of anilines is 2. The number of benzene rings is 1. The van der Waals surface area contributed by atoms with E-state index in [2.05, 4.69) is 33.3 Å². The predicted octanol–water partition coefficient (Wildman–Crippen LogP) is 2.59. The molecular weight excluding hydrogens is 366 g/mol. The van der Waals surface area contributed by atoms with E-state index in [-0.39, 0.29) is 0 Å². The number of pyridine rings is 1. The predicted molar refractivity (Wildman–Crippen MR) is 113 cm³/mol. The molecule has 7 nitrogen and oxygen atoms in total. The second-order valence-corrected chi connectivity index (χ2v) is 7.45. The van der Waals surface area contributed by atoms with Crippen molar-refractivity contribution in [3.63, 3.8) is 0 Å². The zero-order valence-corrected chi connectivity index (χ0v) is 16.7. The van der Waals surface area contributed by atoms with Gasteiger partial charge in [0.2, 0.25) is 0 Å². The Kier molecular flexibility index (Phi) is 4.74. The summed E-state index contributed by atoms with van der Waals surface area (Å²) < 4.78 is 13.4. The molecule has 4 heterocycles. The second-order valence-electron chi connectivity index (χ2n) is 7.45. The third-order valence-corrected chi connectivity index (χ3v) is 5.89. The third kappa shape index (κ3) is 2.91. The summed E-state index contributed by atoms with van der Waals surface area (Å²) in [5.41, 5.74) is 5.61. The van der Waals surface area contributed by atoms with Crippen LogP contribution >= 0.6 is 0 Å². The molecule has 5 rings (SSSR count). The van der Waals surface area contributed by atoms with Crippen LogP contribution in [0, 0.1) is 11.3 Å². The van der Waals surface area contributed by atoms with Crippen LogP contribution in [0.5, 0.6) is 0 Å². The van der Waals surface area contributed by atoms with E-state index in [4.69, 9.17) is 14.5 Å². The number of rotatable bonds is 3. The lowest BCUT2D eigenvalue weighted by molar-refractivity contribution is 0.122. The van der Waals surface area contributed by atoms with Crippen molar-refractivity contribution < 1.29 is 9.47 Å². The van der Waals surface area contributed by atoms with E-state index in [0.717, 1.165) is 60.8 Å². The Bertz CT molecular complexity index is 1090. The number of ether oxygens (including phenoxy) is 2. The van der Waals surface area contributed by atoms with Crippen LogP contribution in [0.4, 0.5) is 11.5 Å². The van der Waals surface area contributed by atoms with Crippen molar-refractivity contribution in [1.82, 2.24) is 9.38 Å². The maximum atomic E-state index is 10.2. The van der Waals surface area contributed by atoms with Gasteiger partial charge < -0.3 is 19.3 Å². The summed E-state index contributed by atoms with van der Waals surface area (Å²) in [7, 11) is 0. The van der Waals surface area contributed by atoms with Crippen molar-refractivity contribution in [3.8, 4) is 6.07 Å². The molecule has 29 heavy (non-hydrogen) atoms. The van der Waals surface area contributed by atoms with E-state index in [1.165, 1.54) is 5.56 Å². The lowest BCUT2D eigenvalue weighted by Crippen LogP contribution is -2.40. The first kappa shape index (κ1) is 18.2. The molecule has 0 aliphatic carbocycles. The highest BCUT2D eigenvalue weighted by Gasteiger charge is 2.29. The quantitative estimate of drug-likeness (QED) is 0.684. The fourth-order valence-electron chi connectivity index (χ4n) is 4.58. The molecule has 0 spiro atoms. The molecule has 0 atom stereocenters. The Balaban J connectivity index is 1.88. The molecule has 0 amide bonds. The minimum absolute atomic E-state index is 0.664. The summed E-state index contributed by atoms with van der Waals surface area (Å²) in [5.74, 6) is 1.15. The Hall–Kier alpha value is -2.82. The molecule has 2 fully saturated rings. The van der Waals surface area contributed by atoms with Gasteiger partial charge in [0, 0.05) is 31.7 Å². The maximum absolute atomic E-state index is 10.2. The highest BCUT2D eigenvalue weighted by Crippen LogP contribution is 2.39. The molecule has 150 valence electrons. The summed E-state index contributed by atoms with van der Waals surface area (Å²) in [6.07, 6.45) is 0.844. The fourth-order valence-corrected chi connectivity index (χ4v) is 4.58. The van der Waals surface area contributed by atoms with Crippen LogP contribution < -0.4 is 9.80 Å².